The van der Waals surface area contributed by atoms with Gasteiger partial charge in [0.1, 0.15) is 0 Å². The SMILES string of the molecule is COCCn1c(=NC(=O)C=Cc2ccc(OC)c(OC)c2)sc2cc(C(=O)OC)ccc21. The summed E-state index contributed by atoms with van der Waals surface area (Å²) in [6.45, 7) is 0.965. The van der Waals surface area contributed by atoms with Crippen LogP contribution >= 0.6 is 11.3 Å². The van der Waals surface area contributed by atoms with E-state index in [0.717, 1.165) is 15.8 Å². The molecule has 3 aromatic rings. The van der Waals surface area contributed by atoms with Crippen molar-refractivity contribution in [2.75, 3.05) is 35.0 Å². The first-order valence-electron chi connectivity index (χ1n) is 9.70. The van der Waals surface area contributed by atoms with E-state index in [0.29, 0.717) is 35.0 Å². The summed E-state index contributed by atoms with van der Waals surface area (Å²) in [7, 11) is 6.06. The van der Waals surface area contributed by atoms with E-state index in [9.17, 15) is 9.59 Å². The summed E-state index contributed by atoms with van der Waals surface area (Å²) >= 11 is 1.32. The Morgan fingerprint density at radius 3 is 2.50 bits per heavy atom. The number of thiazole rings is 1. The van der Waals surface area contributed by atoms with Gasteiger partial charge in [-0.05, 0) is 42.0 Å². The normalized spacial score (nSPS) is 11.8. The Balaban J connectivity index is 1.95. The van der Waals surface area contributed by atoms with Crippen LogP contribution in [0.3, 0.4) is 0 Å². The summed E-state index contributed by atoms with van der Waals surface area (Å²) in [6.07, 6.45) is 3.06. The molecule has 32 heavy (non-hydrogen) atoms. The minimum absolute atomic E-state index is 0.411. The van der Waals surface area contributed by atoms with Crippen LogP contribution in [0.15, 0.2) is 47.5 Å². The molecule has 2 aromatic carbocycles. The predicted molar refractivity (Wildman–Crippen MR) is 122 cm³/mol. The van der Waals surface area contributed by atoms with Gasteiger partial charge in [-0.2, -0.15) is 4.99 Å². The monoisotopic (exact) mass is 456 g/mol. The molecule has 0 aliphatic rings. The molecule has 8 nitrogen and oxygen atoms in total. The zero-order valence-electron chi connectivity index (χ0n) is 18.3. The average Bonchev–Trinajstić information content (AvgIpc) is 3.16. The van der Waals surface area contributed by atoms with Crippen molar-refractivity contribution in [3.8, 4) is 11.5 Å². The average molecular weight is 457 g/mol. The van der Waals surface area contributed by atoms with Crippen molar-refractivity contribution in [1.82, 2.24) is 4.57 Å². The Morgan fingerprint density at radius 1 is 1.03 bits per heavy atom. The van der Waals surface area contributed by atoms with E-state index in [1.807, 2.05) is 16.7 Å². The molecule has 3 rings (SSSR count). The van der Waals surface area contributed by atoms with E-state index in [1.54, 1.807) is 51.7 Å². The highest BCUT2D eigenvalue weighted by atomic mass is 32.1. The van der Waals surface area contributed by atoms with Crippen LogP contribution in [0.5, 0.6) is 11.5 Å². The number of hydrogen-bond donors (Lipinski definition) is 0. The summed E-state index contributed by atoms with van der Waals surface area (Å²) in [5, 5.41) is 0. The van der Waals surface area contributed by atoms with Gasteiger partial charge in [-0.25, -0.2) is 4.79 Å². The summed E-state index contributed by atoms with van der Waals surface area (Å²) in [5.74, 6) is 0.348. The maximum absolute atomic E-state index is 12.6. The number of rotatable bonds is 8. The number of hydrogen-bond acceptors (Lipinski definition) is 7. The second kappa shape index (κ2) is 10.7. The van der Waals surface area contributed by atoms with Crippen LogP contribution in [0.4, 0.5) is 0 Å². The molecule has 9 heteroatoms. The summed E-state index contributed by atoms with van der Waals surface area (Å²) < 4.78 is 23.2. The van der Waals surface area contributed by atoms with Crippen LogP contribution in [0, 0.1) is 0 Å². The minimum Gasteiger partial charge on any atom is -0.493 e. The van der Waals surface area contributed by atoms with Crippen LogP contribution in [0.25, 0.3) is 16.3 Å². The molecule has 0 saturated carbocycles. The number of carbonyl (C=O) groups excluding carboxylic acids is 2. The highest BCUT2D eigenvalue weighted by Gasteiger charge is 2.12. The van der Waals surface area contributed by atoms with E-state index in [1.165, 1.54) is 24.5 Å². The van der Waals surface area contributed by atoms with E-state index in [2.05, 4.69) is 4.99 Å². The van der Waals surface area contributed by atoms with E-state index < -0.39 is 11.9 Å². The highest BCUT2D eigenvalue weighted by molar-refractivity contribution is 7.16. The highest BCUT2D eigenvalue weighted by Crippen LogP contribution is 2.28. The van der Waals surface area contributed by atoms with Gasteiger partial charge in [0.05, 0.1) is 43.7 Å². The van der Waals surface area contributed by atoms with Gasteiger partial charge < -0.3 is 23.5 Å². The van der Waals surface area contributed by atoms with Crippen molar-refractivity contribution in [2.45, 2.75) is 6.54 Å². The summed E-state index contributed by atoms with van der Waals surface area (Å²) in [6, 6.07) is 10.6. The lowest BCUT2D eigenvalue weighted by Gasteiger charge is -2.07. The topological polar surface area (TPSA) is 88.4 Å². The Morgan fingerprint density at radius 2 is 1.81 bits per heavy atom. The third-order valence-electron chi connectivity index (χ3n) is 4.65. The molecule has 1 amide bonds. The number of methoxy groups -OCH3 is 4. The molecule has 0 N–H and O–H groups in total. The quantitative estimate of drug-likeness (QED) is 0.382. The van der Waals surface area contributed by atoms with Crippen molar-refractivity contribution < 1.29 is 28.5 Å². The van der Waals surface area contributed by atoms with Crippen molar-refractivity contribution in [3.63, 3.8) is 0 Å². The molecule has 0 saturated heterocycles. The second-order valence-corrected chi connectivity index (χ2v) is 7.61. The first-order chi connectivity index (χ1) is 15.5. The molecular formula is C23H24N2O6S. The standard InChI is InChI=1S/C23H24N2O6S/c1-28-12-11-25-17-8-7-16(22(27)31-4)14-20(17)32-23(25)24-21(26)10-6-15-5-9-18(29-2)19(13-15)30-3/h5-10,13-14H,11-12H2,1-4H3. The number of carbonyl (C=O) groups is 2. The van der Waals surface area contributed by atoms with E-state index in [4.69, 9.17) is 18.9 Å². The molecule has 0 atom stereocenters. The Kier molecular flexibility index (Phi) is 7.80. The van der Waals surface area contributed by atoms with Crippen LogP contribution in [0.1, 0.15) is 15.9 Å². The zero-order valence-corrected chi connectivity index (χ0v) is 19.1. The van der Waals surface area contributed by atoms with Gasteiger partial charge in [0, 0.05) is 19.7 Å². The molecule has 0 bridgehead atoms. The van der Waals surface area contributed by atoms with Crippen LogP contribution in [-0.2, 0) is 20.8 Å². The summed E-state index contributed by atoms with van der Waals surface area (Å²) in [4.78, 5) is 29.2. The largest absolute Gasteiger partial charge is 0.493 e. The third kappa shape index (κ3) is 5.24. The zero-order chi connectivity index (χ0) is 23.1. The summed E-state index contributed by atoms with van der Waals surface area (Å²) in [5.41, 5.74) is 2.07. The molecule has 1 aromatic heterocycles. The fraction of sp³-hybridized carbons (Fsp3) is 0.261. The van der Waals surface area contributed by atoms with Crippen molar-refractivity contribution in [3.05, 3.63) is 58.4 Å². The van der Waals surface area contributed by atoms with Gasteiger partial charge in [-0.3, -0.25) is 4.79 Å². The fourth-order valence-electron chi connectivity index (χ4n) is 3.06. The van der Waals surface area contributed by atoms with E-state index >= 15 is 0 Å². The maximum atomic E-state index is 12.6. The number of nitrogens with zero attached hydrogens (tertiary/aromatic N) is 2. The number of esters is 1. The van der Waals surface area contributed by atoms with Crippen molar-refractivity contribution >= 4 is 39.5 Å². The number of ether oxygens (including phenoxy) is 4. The Bertz CT molecular complexity index is 1220. The van der Waals surface area contributed by atoms with Crippen LogP contribution in [0.2, 0.25) is 0 Å². The van der Waals surface area contributed by atoms with Gasteiger partial charge in [0.2, 0.25) is 0 Å². The van der Waals surface area contributed by atoms with E-state index in [-0.39, 0.29) is 0 Å². The third-order valence-corrected chi connectivity index (χ3v) is 5.70. The first-order valence-corrected chi connectivity index (χ1v) is 10.5. The Hall–Kier alpha value is -3.43. The Labute approximate surface area is 189 Å². The molecule has 168 valence electrons. The fourth-order valence-corrected chi connectivity index (χ4v) is 4.16. The molecular weight excluding hydrogens is 432 g/mol. The first kappa shape index (κ1) is 23.2. The predicted octanol–water partition coefficient (Wildman–Crippen LogP) is 3.29. The lowest BCUT2D eigenvalue weighted by molar-refractivity contribution is -0.113. The van der Waals surface area contributed by atoms with Crippen molar-refractivity contribution in [2.24, 2.45) is 4.99 Å². The van der Waals surface area contributed by atoms with Crippen LogP contribution in [-0.4, -0.2) is 51.5 Å². The molecule has 0 spiro atoms. The molecule has 0 fully saturated rings. The van der Waals surface area contributed by atoms with Gasteiger partial charge in [-0.15, -0.1) is 0 Å². The molecule has 0 aliphatic carbocycles. The van der Waals surface area contributed by atoms with Gasteiger partial charge in [-0.1, -0.05) is 17.4 Å². The number of fused-ring (bicyclic) bond motifs is 1. The number of aromatic nitrogens is 1. The minimum atomic E-state index is -0.420. The molecule has 0 unspecified atom stereocenters. The number of amides is 1. The lowest BCUT2D eigenvalue weighted by Crippen LogP contribution is -2.18. The molecule has 0 radical (unpaired) electrons. The van der Waals surface area contributed by atoms with Gasteiger partial charge >= 0.3 is 5.97 Å². The maximum Gasteiger partial charge on any atom is 0.337 e. The molecule has 1 heterocycles. The van der Waals surface area contributed by atoms with Gasteiger partial charge in [0.15, 0.2) is 16.3 Å². The van der Waals surface area contributed by atoms with Crippen molar-refractivity contribution in [1.29, 1.82) is 0 Å². The lowest BCUT2D eigenvalue weighted by atomic mass is 10.2. The number of benzene rings is 2. The molecule has 0 aliphatic heterocycles. The van der Waals surface area contributed by atoms with Gasteiger partial charge in [0.25, 0.3) is 5.91 Å². The van der Waals surface area contributed by atoms with Crippen LogP contribution < -0.4 is 14.3 Å². The second-order valence-electron chi connectivity index (χ2n) is 6.60. The smallest absolute Gasteiger partial charge is 0.337 e.